The maximum Gasteiger partial charge on any atom is 0.304 e. The highest BCUT2D eigenvalue weighted by molar-refractivity contribution is 7.99. The third kappa shape index (κ3) is 3.41. The first-order chi connectivity index (χ1) is 13.6. The number of aromatic nitrogens is 4. The molecule has 7 nitrogen and oxygen atoms in total. The average Bonchev–Trinajstić information content (AvgIpc) is 3.13. The van der Waals surface area contributed by atoms with Gasteiger partial charge >= 0.3 is 5.97 Å². The van der Waals surface area contributed by atoms with Gasteiger partial charge < -0.3 is 5.11 Å². The highest BCUT2D eigenvalue weighted by atomic mass is 32.2. The summed E-state index contributed by atoms with van der Waals surface area (Å²) in [5.41, 5.74) is 1.67. The van der Waals surface area contributed by atoms with Gasteiger partial charge in [0.05, 0.1) is 24.0 Å². The molecule has 0 unspecified atom stereocenters. The summed E-state index contributed by atoms with van der Waals surface area (Å²) in [5, 5.41) is 14.1. The Morgan fingerprint density at radius 2 is 1.64 bits per heavy atom. The third-order valence-electron chi connectivity index (χ3n) is 4.13. The number of aliphatic carboxylic acids is 1. The lowest BCUT2D eigenvalue weighted by Crippen LogP contribution is -2.22. The zero-order valence-corrected chi connectivity index (χ0v) is 15.5. The van der Waals surface area contributed by atoms with E-state index in [1.54, 1.807) is 4.68 Å². The topological polar surface area (TPSA) is 90.0 Å². The molecule has 0 fully saturated rings. The van der Waals surface area contributed by atoms with Gasteiger partial charge in [-0.1, -0.05) is 48.2 Å². The molecule has 0 aliphatic carbocycles. The van der Waals surface area contributed by atoms with Gasteiger partial charge in [0.25, 0.3) is 5.56 Å². The normalized spacial score (nSPS) is 11.0. The second-order valence-electron chi connectivity index (χ2n) is 5.99. The van der Waals surface area contributed by atoms with Crippen LogP contribution in [0.4, 0.5) is 0 Å². The molecule has 0 saturated carbocycles. The average molecular weight is 392 g/mol. The van der Waals surface area contributed by atoms with E-state index < -0.39 is 5.97 Å². The fourth-order valence-corrected chi connectivity index (χ4v) is 3.77. The van der Waals surface area contributed by atoms with E-state index in [0.717, 1.165) is 5.69 Å². The van der Waals surface area contributed by atoms with Gasteiger partial charge in [-0.3, -0.25) is 14.2 Å². The van der Waals surface area contributed by atoms with E-state index in [1.807, 2.05) is 60.7 Å². The number of fused-ring (bicyclic) bond motifs is 1. The van der Waals surface area contributed by atoms with Crippen LogP contribution in [-0.4, -0.2) is 36.2 Å². The highest BCUT2D eigenvalue weighted by Gasteiger charge is 2.17. The van der Waals surface area contributed by atoms with Crippen molar-refractivity contribution in [1.29, 1.82) is 0 Å². The fraction of sp³-hybridized carbons (Fsp3) is 0.100. The van der Waals surface area contributed by atoms with Gasteiger partial charge in [0, 0.05) is 5.75 Å². The Morgan fingerprint density at radius 1 is 1.00 bits per heavy atom. The van der Waals surface area contributed by atoms with Crippen LogP contribution in [0, 0.1) is 0 Å². The van der Waals surface area contributed by atoms with Crippen molar-refractivity contribution in [3.05, 3.63) is 77.2 Å². The molecule has 0 radical (unpaired) electrons. The van der Waals surface area contributed by atoms with Crippen LogP contribution in [0.5, 0.6) is 0 Å². The Kier molecular flexibility index (Phi) is 4.94. The largest absolute Gasteiger partial charge is 0.481 e. The van der Waals surface area contributed by atoms with Crippen molar-refractivity contribution in [2.75, 3.05) is 5.75 Å². The molecule has 0 aliphatic heterocycles. The van der Waals surface area contributed by atoms with Crippen molar-refractivity contribution in [1.82, 2.24) is 19.3 Å². The number of carboxylic acid groups (broad SMARTS) is 1. The molecule has 0 saturated heterocycles. The van der Waals surface area contributed by atoms with Crippen LogP contribution in [0.25, 0.3) is 22.4 Å². The van der Waals surface area contributed by atoms with E-state index in [-0.39, 0.29) is 12.0 Å². The predicted octanol–water partition coefficient (Wildman–Crippen LogP) is 3.14. The highest BCUT2D eigenvalue weighted by Crippen LogP contribution is 2.23. The molecule has 4 aromatic rings. The number of hydrogen-bond donors (Lipinski definition) is 1. The fourth-order valence-electron chi connectivity index (χ4n) is 2.84. The quantitative estimate of drug-likeness (QED) is 0.400. The molecule has 4 rings (SSSR count). The molecule has 2 aromatic heterocycles. The summed E-state index contributed by atoms with van der Waals surface area (Å²) in [7, 11) is 0. The van der Waals surface area contributed by atoms with Gasteiger partial charge in [-0.25, -0.2) is 9.67 Å². The van der Waals surface area contributed by atoms with Crippen molar-refractivity contribution < 1.29 is 9.90 Å². The smallest absolute Gasteiger partial charge is 0.304 e. The molecule has 1 N–H and O–H groups in total. The van der Waals surface area contributed by atoms with E-state index in [0.29, 0.717) is 27.6 Å². The van der Waals surface area contributed by atoms with Crippen LogP contribution >= 0.6 is 11.8 Å². The molecule has 0 amide bonds. The zero-order chi connectivity index (χ0) is 19.5. The maximum atomic E-state index is 13.2. The summed E-state index contributed by atoms with van der Waals surface area (Å²) in [4.78, 5) is 28.8. The number of thioether (sulfide) groups is 1. The van der Waals surface area contributed by atoms with Crippen LogP contribution in [0.2, 0.25) is 0 Å². The molecule has 0 atom stereocenters. The number of hydrogen-bond acceptors (Lipinski definition) is 5. The molecular weight excluding hydrogens is 376 g/mol. The Labute approximate surface area is 164 Å². The second kappa shape index (κ2) is 7.69. The Bertz CT molecular complexity index is 1190. The molecule has 0 spiro atoms. The van der Waals surface area contributed by atoms with Crippen molar-refractivity contribution in [3.8, 4) is 11.4 Å². The summed E-state index contributed by atoms with van der Waals surface area (Å²) < 4.78 is 3.12. The molecule has 140 valence electrons. The zero-order valence-electron chi connectivity index (χ0n) is 14.7. The Morgan fingerprint density at radius 3 is 2.29 bits per heavy atom. The van der Waals surface area contributed by atoms with Crippen molar-refractivity contribution in [3.63, 3.8) is 0 Å². The van der Waals surface area contributed by atoms with Gasteiger partial charge in [0.15, 0.2) is 10.8 Å². The van der Waals surface area contributed by atoms with E-state index >= 15 is 0 Å². The number of para-hydroxylation sites is 2. The van der Waals surface area contributed by atoms with Crippen molar-refractivity contribution >= 4 is 28.8 Å². The number of carbonyl (C=O) groups is 1. The van der Waals surface area contributed by atoms with Crippen molar-refractivity contribution in [2.24, 2.45) is 0 Å². The summed E-state index contributed by atoms with van der Waals surface area (Å²) in [6, 6.07) is 18.6. The summed E-state index contributed by atoms with van der Waals surface area (Å²) in [6.45, 7) is 0. The monoisotopic (exact) mass is 392 g/mol. The Balaban J connectivity index is 1.91. The lowest BCUT2D eigenvalue weighted by Gasteiger charge is -2.12. The Hall–Kier alpha value is -3.39. The minimum absolute atomic E-state index is 0.0225. The summed E-state index contributed by atoms with van der Waals surface area (Å²) in [5.74, 6) is -0.587. The van der Waals surface area contributed by atoms with Crippen LogP contribution in [0.1, 0.15) is 6.42 Å². The second-order valence-corrected chi connectivity index (χ2v) is 7.05. The van der Waals surface area contributed by atoms with Crippen LogP contribution < -0.4 is 5.56 Å². The standard InChI is InChI=1S/C20H16N4O3S/c25-17(26)11-12-28-20-22-18-16(13-21-24(18)15-9-5-2-6-10-15)19(27)23(20)14-7-3-1-4-8-14/h1-10,13H,11-12H2,(H,25,26). The van der Waals surface area contributed by atoms with E-state index in [1.165, 1.54) is 22.5 Å². The lowest BCUT2D eigenvalue weighted by atomic mass is 10.3. The maximum absolute atomic E-state index is 13.2. The third-order valence-corrected chi connectivity index (χ3v) is 5.07. The minimum atomic E-state index is -0.892. The van der Waals surface area contributed by atoms with Gasteiger partial charge in [0.1, 0.15) is 5.39 Å². The van der Waals surface area contributed by atoms with E-state index in [9.17, 15) is 9.59 Å². The summed E-state index contributed by atoms with van der Waals surface area (Å²) >= 11 is 1.24. The first kappa shape index (κ1) is 18.0. The molecular formula is C20H16N4O3S. The van der Waals surface area contributed by atoms with Crippen LogP contribution in [-0.2, 0) is 4.79 Å². The van der Waals surface area contributed by atoms with E-state index in [2.05, 4.69) is 10.1 Å². The first-order valence-corrected chi connectivity index (χ1v) is 9.60. The molecule has 2 aromatic carbocycles. The lowest BCUT2D eigenvalue weighted by molar-refractivity contribution is -0.136. The van der Waals surface area contributed by atoms with Crippen LogP contribution in [0.3, 0.4) is 0 Å². The SMILES string of the molecule is O=C(O)CCSc1nc2c(cnn2-c2ccccc2)c(=O)n1-c1ccccc1. The first-order valence-electron chi connectivity index (χ1n) is 8.61. The predicted molar refractivity (Wildman–Crippen MR) is 107 cm³/mol. The van der Waals surface area contributed by atoms with Gasteiger partial charge in [-0.05, 0) is 24.3 Å². The van der Waals surface area contributed by atoms with Gasteiger partial charge in [-0.15, -0.1) is 0 Å². The number of benzene rings is 2. The molecule has 28 heavy (non-hydrogen) atoms. The number of rotatable bonds is 6. The minimum Gasteiger partial charge on any atom is -0.481 e. The molecule has 0 aliphatic rings. The van der Waals surface area contributed by atoms with Crippen LogP contribution in [0.15, 0.2) is 76.8 Å². The van der Waals surface area contributed by atoms with Crippen molar-refractivity contribution in [2.45, 2.75) is 11.6 Å². The summed E-state index contributed by atoms with van der Waals surface area (Å²) in [6.07, 6.45) is 1.49. The number of carboxylic acids is 1. The number of nitrogens with zero attached hydrogens (tertiary/aromatic N) is 4. The van der Waals surface area contributed by atoms with E-state index in [4.69, 9.17) is 5.11 Å². The van der Waals surface area contributed by atoms with Gasteiger partial charge in [0.2, 0.25) is 0 Å². The van der Waals surface area contributed by atoms with Gasteiger partial charge in [-0.2, -0.15) is 5.10 Å². The molecule has 2 heterocycles. The molecule has 0 bridgehead atoms. The molecule has 8 heteroatoms.